The lowest BCUT2D eigenvalue weighted by Gasteiger charge is -2.37. The highest BCUT2D eigenvalue weighted by Gasteiger charge is 2.34. The van der Waals surface area contributed by atoms with Crippen molar-refractivity contribution in [3.63, 3.8) is 0 Å². The first-order valence-corrected chi connectivity index (χ1v) is 7.01. The molecule has 0 bridgehead atoms. The molecule has 1 aliphatic rings. The van der Waals surface area contributed by atoms with Gasteiger partial charge in [0.25, 0.3) is 5.91 Å². The summed E-state index contributed by atoms with van der Waals surface area (Å²) in [6, 6.07) is 2.46. The number of amides is 1. The van der Waals surface area contributed by atoms with E-state index in [1.165, 1.54) is 11.0 Å². The Morgan fingerprint density at radius 1 is 1.45 bits per heavy atom. The fourth-order valence-corrected chi connectivity index (χ4v) is 2.49. The molecule has 0 aliphatic carbocycles. The van der Waals surface area contributed by atoms with Crippen molar-refractivity contribution in [2.75, 3.05) is 19.8 Å². The van der Waals surface area contributed by atoms with Gasteiger partial charge < -0.3 is 14.7 Å². The van der Waals surface area contributed by atoms with Crippen molar-refractivity contribution in [1.29, 1.82) is 0 Å². The third-order valence-electron chi connectivity index (χ3n) is 3.44. The normalized spacial score (nSPS) is 22.7. The molecular formula is C14H15ClF3NO3. The van der Waals surface area contributed by atoms with Gasteiger partial charge in [-0.15, -0.1) is 0 Å². The van der Waals surface area contributed by atoms with E-state index in [1.54, 1.807) is 6.92 Å². The lowest BCUT2D eigenvalue weighted by molar-refractivity contribution is -0.137. The number of carbonyl (C=O) groups is 1. The van der Waals surface area contributed by atoms with Crippen molar-refractivity contribution in [2.45, 2.75) is 25.2 Å². The van der Waals surface area contributed by atoms with Gasteiger partial charge in [-0.25, -0.2) is 0 Å². The minimum Gasteiger partial charge on any atom is -0.394 e. The number of aliphatic hydroxyl groups excluding tert-OH is 1. The summed E-state index contributed by atoms with van der Waals surface area (Å²) in [7, 11) is 0. The summed E-state index contributed by atoms with van der Waals surface area (Å²) in [5.74, 6) is -0.567. The van der Waals surface area contributed by atoms with E-state index in [4.69, 9.17) is 21.4 Å². The highest BCUT2D eigenvalue weighted by molar-refractivity contribution is 6.31. The maximum Gasteiger partial charge on any atom is 0.416 e. The number of rotatable bonds is 2. The number of halogens is 4. The highest BCUT2D eigenvalue weighted by atomic mass is 35.5. The molecule has 1 aromatic carbocycles. The lowest BCUT2D eigenvalue weighted by Crippen LogP contribution is -2.52. The molecule has 122 valence electrons. The monoisotopic (exact) mass is 337 g/mol. The Morgan fingerprint density at radius 2 is 2.14 bits per heavy atom. The average molecular weight is 338 g/mol. The zero-order chi connectivity index (χ0) is 16.5. The molecule has 1 aliphatic heterocycles. The molecule has 22 heavy (non-hydrogen) atoms. The maximum absolute atomic E-state index is 12.8. The molecule has 0 aromatic heterocycles. The zero-order valence-electron chi connectivity index (χ0n) is 11.7. The number of benzene rings is 1. The van der Waals surface area contributed by atoms with E-state index in [0.717, 1.165) is 12.1 Å². The van der Waals surface area contributed by atoms with Gasteiger partial charge in [0.05, 0.1) is 30.9 Å². The molecule has 2 atom stereocenters. The predicted octanol–water partition coefficient (Wildman–Crippen LogP) is 2.58. The molecular weight excluding hydrogens is 323 g/mol. The van der Waals surface area contributed by atoms with Crippen molar-refractivity contribution in [1.82, 2.24) is 4.90 Å². The Labute approximate surface area is 130 Å². The van der Waals surface area contributed by atoms with Crippen LogP contribution < -0.4 is 0 Å². The largest absolute Gasteiger partial charge is 0.416 e. The Morgan fingerprint density at radius 3 is 2.73 bits per heavy atom. The second-order valence-electron chi connectivity index (χ2n) is 5.17. The molecule has 2 rings (SSSR count). The maximum atomic E-state index is 12.8. The van der Waals surface area contributed by atoms with Gasteiger partial charge in [-0.05, 0) is 25.1 Å². The van der Waals surface area contributed by atoms with Crippen LogP contribution in [0.2, 0.25) is 5.02 Å². The van der Waals surface area contributed by atoms with Crippen LogP contribution in [0.15, 0.2) is 18.2 Å². The third-order valence-corrected chi connectivity index (χ3v) is 3.66. The zero-order valence-corrected chi connectivity index (χ0v) is 12.5. The summed E-state index contributed by atoms with van der Waals surface area (Å²) in [5, 5.41) is 8.95. The molecule has 0 radical (unpaired) electrons. The quantitative estimate of drug-likeness (QED) is 0.902. The fraction of sp³-hybridized carbons (Fsp3) is 0.500. The number of aliphatic hydroxyl groups is 1. The van der Waals surface area contributed by atoms with E-state index >= 15 is 0 Å². The Hall–Kier alpha value is -1.31. The standard InChI is InChI=1S/C14H15ClF3NO3/c1-8-7-22-12(6-20)5-19(8)13(21)9-2-10(14(16,17)18)4-11(15)3-9/h2-4,8,12,20H,5-7H2,1H3/t8-,12+/m0/s1. The van der Waals surface area contributed by atoms with Crippen LogP contribution in [0.25, 0.3) is 0 Å². The molecule has 8 heteroatoms. The van der Waals surface area contributed by atoms with E-state index in [0.29, 0.717) is 0 Å². The van der Waals surface area contributed by atoms with Crippen LogP contribution in [-0.4, -0.2) is 47.8 Å². The van der Waals surface area contributed by atoms with Gasteiger partial charge in [0.15, 0.2) is 0 Å². The highest BCUT2D eigenvalue weighted by Crippen LogP contribution is 2.32. The number of ether oxygens (including phenoxy) is 1. The number of hydrogen-bond acceptors (Lipinski definition) is 3. The number of carbonyl (C=O) groups excluding carboxylic acids is 1. The second kappa shape index (κ2) is 6.44. The van der Waals surface area contributed by atoms with Crippen LogP contribution >= 0.6 is 11.6 Å². The van der Waals surface area contributed by atoms with Gasteiger partial charge >= 0.3 is 6.18 Å². The molecule has 1 heterocycles. The van der Waals surface area contributed by atoms with Crippen LogP contribution in [0.3, 0.4) is 0 Å². The topological polar surface area (TPSA) is 49.8 Å². The number of hydrogen-bond donors (Lipinski definition) is 1. The van der Waals surface area contributed by atoms with E-state index in [-0.39, 0.29) is 36.4 Å². The second-order valence-corrected chi connectivity index (χ2v) is 5.61. The summed E-state index contributed by atoms with van der Waals surface area (Å²) >= 11 is 5.70. The summed E-state index contributed by atoms with van der Waals surface area (Å²) in [6.07, 6.45) is -5.12. The number of alkyl halides is 3. The van der Waals surface area contributed by atoms with E-state index in [9.17, 15) is 18.0 Å². The van der Waals surface area contributed by atoms with Crippen molar-refractivity contribution >= 4 is 17.5 Å². The van der Waals surface area contributed by atoms with Crippen molar-refractivity contribution in [3.05, 3.63) is 34.3 Å². The smallest absolute Gasteiger partial charge is 0.394 e. The molecule has 1 amide bonds. The van der Waals surface area contributed by atoms with Crippen LogP contribution in [0.1, 0.15) is 22.8 Å². The number of nitrogens with zero attached hydrogens (tertiary/aromatic N) is 1. The van der Waals surface area contributed by atoms with Gasteiger partial charge in [0.1, 0.15) is 0 Å². The first kappa shape index (κ1) is 17.1. The molecule has 1 aromatic rings. The van der Waals surface area contributed by atoms with Crippen LogP contribution in [0.4, 0.5) is 13.2 Å². The van der Waals surface area contributed by atoms with Gasteiger partial charge in [-0.1, -0.05) is 11.6 Å². The first-order chi connectivity index (χ1) is 10.2. The van der Waals surface area contributed by atoms with Gasteiger partial charge in [-0.3, -0.25) is 4.79 Å². The van der Waals surface area contributed by atoms with Gasteiger partial charge in [0.2, 0.25) is 0 Å². The molecule has 0 saturated carbocycles. The first-order valence-electron chi connectivity index (χ1n) is 6.63. The van der Waals surface area contributed by atoms with E-state index in [2.05, 4.69) is 0 Å². The lowest BCUT2D eigenvalue weighted by atomic mass is 10.1. The summed E-state index contributed by atoms with van der Waals surface area (Å²) in [5.41, 5.74) is -1.10. The fourth-order valence-electron chi connectivity index (χ4n) is 2.25. The van der Waals surface area contributed by atoms with Crippen molar-refractivity contribution < 1.29 is 27.8 Å². The van der Waals surface area contributed by atoms with Crippen LogP contribution in [-0.2, 0) is 10.9 Å². The average Bonchev–Trinajstić information content (AvgIpc) is 2.45. The third kappa shape index (κ3) is 3.71. The van der Waals surface area contributed by atoms with E-state index in [1.807, 2.05) is 0 Å². The summed E-state index contributed by atoms with van der Waals surface area (Å²) in [4.78, 5) is 13.9. The van der Waals surface area contributed by atoms with Gasteiger partial charge in [-0.2, -0.15) is 13.2 Å². The molecule has 1 N–H and O–H groups in total. The SMILES string of the molecule is C[C@H]1CO[C@@H](CO)CN1C(=O)c1cc(Cl)cc(C(F)(F)F)c1. The summed E-state index contributed by atoms with van der Waals surface area (Å²) in [6.45, 7) is 1.79. The predicted molar refractivity (Wildman–Crippen MR) is 73.8 cm³/mol. The Kier molecular flexibility index (Phi) is 4.99. The van der Waals surface area contributed by atoms with Crippen molar-refractivity contribution in [2.24, 2.45) is 0 Å². The molecule has 1 saturated heterocycles. The van der Waals surface area contributed by atoms with Crippen molar-refractivity contribution in [3.8, 4) is 0 Å². The minimum absolute atomic E-state index is 0.115. The van der Waals surface area contributed by atoms with Gasteiger partial charge in [0, 0.05) is 17.1 Å². The molecule has 0 spiro atoms. The van der Waals surface area contributed by atoms with Crippen LogP contribution in [0.5, 0.6) is 0 Å². The Bertz CT molecular complexity index is 565. The molecule has 4 nitrogen and oxygen atoms in total. The molecule has 0 unspecified atom stereocenters. The van der Waals surface area contributed by atoms with Crippen LogP contribution in [0, 0.1) is 0 Å². The molecule has 1 fully saturated rings. The minimum atomic E-state index is -4.58. The number of morpholine rings is 1. The van der Waals surface area contributed by atoms with E-state index < -0.39 is 23.8 Å². The Balaban J connectivity index is 2.30. The summed E-state index contributed by atoms with van der Waals surface area (Å²) < 4.78 is 43.7.